The van der Waals surface area contributed by atoms with Crippen molar-refractivity contribution in [3.05, 3.63) is 22.7 Å². The summed E-state index contributed by atoms with van der Waals surface area (Å²) in [7, 11) is 3.03. The van der Waals surface area contributed by atoms with E-state index in [9.17, 15) is 4.79 Å². The van der Waals surface area contributed by atoms with Crippen LogP contribution in [0, 0.1) is 0 Å². The molecule has 0 bridgehead atoms. The molecule has 0 spiro atoms. The lowest BCUT2D eigenvalue weighted by Gasteiger charge is -2.13. The fourth-order valence-corrected chi connectivity index (χ4v) is 2.26. The minimum Gasteiger partial charge on any atom is -0.493 e. The lowest BCUT2D eigenvalue weighted by Crippen LogP contribution is -2.36. The molecule has 0 aliphatic heterocycles. The van der Waals surface area contributed by atoms with Gasteiger partial charge in [0.25, 0.3) is 5.91 Å². The molecule has 6 nitrogen and oxygen atoms in total. The monoisotopic (exact) mass is 342 g/mol. The number of benzene rings is 1. The lowest BCUT2D eigenvalue weighted by molar-refractivity contribution is -0.126. The van der Waals surface area contributed by atoms with Gasteiger partial charge in [-0.1, -0.05) is 30.6 Å². The van der Waals surface area contributed by atoms with E-state index in [0.29, 0.717) is 22.1 Å². The van der Waals surface area contributed by atoms with Crippen LogP contribution in [0.15, 0.2) is 17.3 Å². The van der Waals surface area contributed by atoms with Crippen molar-refractivity contribution in [3.63, 3.8) is 0 Å². The van der Waals surface area contributed by atoms with Crippen molar-refractivity contribution in [2.45, 2.75) is 32.7 Å². The number of nitrogens with one attached hydrogen (secondary N) is 1. The zero-order valence-corrected chi connectivity index (χ0v) is 14.6. The smallest absolute Gasteiger partial charge is 0.260 e. The molecule has 0 aliphatic carbocycles. The maximum absolute atomic E-state index is 11.7. The fourth-order valence-electron chi connectivity index (χ4n) is 1.97. The quantitative estimate of drug-likeness (QED) is 0.553. The van der Waals surface area contributed by atoms with Crippen molar-refractivity contribution in [3.8, 4) is 11.5 Å². The van der Waals surface area contributed by atoms with Gasteiger partial charge in [-0.3, -0.25) is 4.79 Å². The Labute approximate surface area is 141 Å². The van der Waals surface area contributed by atoms with Gasteiger partial charge >= 0.3 is 0 Å². The SMILES string of the molecule is CCC(CC)NC(=O)CO/N=C/c1cc(Cl)c(OC)c(OC)c1. The summed E-state index contributed by atoms with van der Waals surface area (Å²) >= 11 is 6.09. The van der Waals surface area contributed by atoms with Crippen LogP contribution >= 0.6 is 11.6 Å². The number of nitrogens with zero attached hydrogens (tertiary/aromatic N) is 1. The number of carbonyl (C=O) groups is 1. The number of methoxy groups -OCH3 is 2. The van der Waals surface area contributed by atoms with Gasteiger partial charge < -0.3 is 19.6 Å². The van der Waals surface area contributed by atoms with Crippen molar-refractivity contribution < 1.29 is 19.1 Å². The largest absolute Gasteiger partial charge is 0.493 e. The molecule has 0 atom stereocenters. The van der Waals surface area contributed by atoms with Gasteiger partial charge in [0, 0.05) is 11.6 Å². The number of ether oxygens (including phenoxy) is 2. The van der Waals surface area contributed by atoms with Gasteiger partial charge in [0.15, 0.2) is 18.1 Å². The number of rotatable bonds is 9. The van der Waals surface area contributed by atoms with Crippen LogP contribution in [0.4, 0.5) is 0 Å². The molecule has 128 valence electrons. The molecule has 0 unspecified atom stereocenters. The molecule has 0 saturated heterocycles. The molecule has 0 aliphatic rings. The Bertz CT molecular complexity index is 545. The third kappa shape index (κ3) is 5.98. The normalized spacial score (nSPS) is 10.9. The van der Waals surface area contributed by atoms with Crippen LogP contribution in [0.3, 0.4) is 0 Å². The van der Waals surface area contributed by atoms with Crippen molar-refractivity contribution in [2.75, 3.05) is 20.8 Å². The molecule has 0 fully saturated rings. The summed E-state index contributed by atoms with van der Waals surface area (Å²) in [5.74, 6) is 0.755. The number of amides is 1. The van der Waals surface area contributed by atoms with E-state index in [0.717, 1.165) is 12.8 Å². The standard InChI is InChI=1S/C16H23ClN2O4/c1-5-12(6-2)19-15(20)10-23-18-9-11-7-13(17)16(22-4)14(8-11)21-3/h7-9,12H,5-6,10H2,1-4H3,(H,19,20)/b18-9+. The Balaban J connectivity index is 2.58. The molecule has 0 radical (unpaired) electrons. The molecule has 0 aromatic heterocycles. The predicted octanol–water partition coefficient (Wildman–Crippen LogP) is 3.01. The van der Waals surface area contributed by atoms with Gasteiger partial charge in [-0.25, -0.2) is 0 Å². The van der Waals surface area contributed by atoms with E-state index in [2.05, 4.69) is 10.5 Å². The summed E-state index contributed by atoms with van der Waals surface area (Å²) < 4.78 is 10.3. The molecule has 1 aromatic rings. The second-order valence-corrected chi connectivity index (χ2v) is 5.23. The fraction of sp³-hybridized carbons (Fsp3) is 0.500. The highest BCUT2D eigenvalue weighted by Crippen LogP contribution is 2.35. The lowest BCUT2D eigenvalue weighted by atomic mass is 10.2. The van der Waals surface area contributed by atoms with Crippen LogP contribution in [-0.4, -0.2) is 39.0 Å². The number of carbonyl (C=O) groups excluding carboxylic acids is 1. The maximum Gasteiger partial charge on any atom is 0.260 e. The summed E-state index contributed by atoms with van der Waals surface area (Å²) in [5, 5.41) is 7.04. The first-order chi connectivity index (χ1) is 11.0. The average molecular weight is 343 g/mol. The van der Waals surface area contributed by atoms with E-state index in [-0.39, 0.29) is 18.6 Å². The van der Waals surface area contributed by atoms with E-state index in [4.69, 9.17) is 25.9 Å². The Morgan fingerprint density at radius 2 is 2.00 bits per heavy atom. The Kier molecular flexibility index (Phi) is 8.26. The van der Waals surface area contributed by atoms with Crippen LogP contribution in [-0.2, 0) is 9.63 Å². The van der Waals surface area contributed by atoms with E-state index >= 15 is 0 Å². The van der Waals surface area contributed by atoms with Crippen molar-refractivity contribution in [2.24, 2.45) is 5.16 Å². The molecule has 7 heteroatoms. The first-order valence-corrected chi connectivity index (χ1v) is 7.79. The summed E-state index contributed by atoms with van der Waals surface area (Å²) in [4.78, 5) is 16.7. The molecule has 1 rings (SSSR count). The van der Waals surface area contributed by atoms with Crippen LogP contribution in [0.1, 0.15) is 32.3 Å². The summed E-state index contributed by atoms with van der Waals surface area (Å²) in [6.45, 7) is 3.91. The molecule has 23 heavy (non-hydrogen) atoms. The number of oxime groups is 1. The Hall–Kier alpha value is -1.95. The first-order valence-electron chi connectivity index (χ1n) is 7.41. The van der Waals surface area contributed by atoms with E-state index in [1.165, 1.54) is 20.4 Å². The number of halogens is 1. The van der Waals surface area contributed by atoms with E-state index < -0.39 is 0 Å². The van der Waals surface area contributed by atoms with Gasteiger partial charge in [-0.15, -0.1) is 0 Å². The van der Waals surface area contributed by atoms with Gasteiger partial charge in [0.1, 0.15) is 0 Å². The van der Waals surface area contributed by atoms with Crippen LogP contribution < -0.4 is 14.8 Å². The topological polar surface area (TPSA) is 69.2 Å². The molecule has 1 N–H and O–H groups in total. The molecular formula is C16H23ClN2O4. The summed E-state index contributed by atoms with van der Waals surface area (Å²) in [6.07, 6.45) is 3.23. The van der Waals surface area contributed by atoms with Crippen LogP contribution in [0.25, 0.3) is 0 Å². The minimum absolute atomic E-state index is 0.131. The second kappa shape index (κ2) is 9.94. The molecule has 1 aromatic carbocycles. The van der Waals surface area contributed by atoms with Gasteiger partial charge in [-0.2, -0.15) is 0 Å². The molecular weight excluding hydrogens is 320 g/mol. The van der Waals surface area contributed by atoms with Gasteiger partial charge in [0.2, 0.25) is 0 Å². The van der Waals surface area contributed by atoms with Crippen molar-refractivity contribution in [1.29, 1.82) is 0 Å². The highest BCUT2D eigenvalue weighted by molar-refractivity contribution is 6.32. The van der Waals surface area contributed by atoms with Crippen LogP contribution in [0.2, 0.25) is 5.02 Å². The first kappa shape index (κ1) is 19.1. The highest BCUT2D eigenvalue weighted by Gasteiger charge is 2.10. The zero-order chi connectivity index (χ0) is 17.2. The third-order valence-corrected chi connectivity index (χ3v) is 3.56. The summed E-state index contributed by atoms with van der Waals surface area (Å²) in [6, 6.07) is 3.54. The minimum atomic E-state index is -0.193. The molecule has 0 heterocycles. The van der Waals surface area contributed by atoms with E-state index in [1.54, 1.807) is 12.1 Å². The zero-order valence-electron chi connectivity index (χ0n) is 13.9. The predicted molar refractivity (Wildman–Crippen MR) is 90.6 cm³/mol. The van der Waals surface area contributed by atoms with Gasteiger partial charge in [-0.05, 0) is 25.0 Å². The van der Waals surface area contributed by atoms with Crippen LogP contribution in [0.5, 0.6) is 11.5 Å². The Morgan fingerprint density at radius 1 is 1.30 bits per heavy atom. The number of hydrogen-bond donors (Lipinski definition) is 1. The number of hydrogen-bond acceptors (Lipinski definition) is 5. The van der Waals surface area contributed by atoms with Crippen molar-refractivity contribution in [1.82, 2.24) is 5.32 Å². The highest BCUT2D eigenvalue weighted by atomic mass is 35.5. The summed E-state index contributed by atoms with van der Waals surface area (Å²) in [5.41, 5.74) is 0.674. The third-order valence-electron chi connectivity index (χ3n) is 3.28. The maximum atomic E-state index is 11.7. The Morgan fingerprint density at radius 3 is 2.57 bits per heavy atom. The van der Waals surface area contributed by atoms with E-state index in [1.807, 2.05) is 13.8 Å². The average Bonchev–Trinajstić information content (AvgIpc) is 2.55. The molecule has 0 saturated carbocycles. The van der Waals surface area contributed by atoms with Gasteiger partial charge in [0.05, 0.1) is 25.5 Å². The second-order valence-electron chi connectivity index (χ2n) is 4.83. The molecule has 1 amide bonds. The van der Waals surface area contributed by atoms with Crippen molar-refractivity contribution >= 4 is 23.7 Å².